The summed E-state index contributed by atoms with van der Waals surface area (Å²) in [5, 5.41) is 17.8. The second-order valence-electron chi connectivity index (χ2n) is 5.20. The Morgan fingerprint density at radius 3 is 2.39 bits per heavy atom. The summed E-state index contributed by atoms with van der Waals surface area (Å²) in [5.74, 6) is 0. The molecule has 0 atom stereocenters. The van der Waals surface area contributed by atoms with E-state index in [4.69, 9.17) is 5.11 Å². The van der Waals surface area contributed by atoms with Gasteiger partial charge in [-0.2, -0.15) is 0 Å². The molecule has 0 unspecified atom stereocenters. The molecular formula is C17H23Cl2N3O. The van der Waals surface area contributed by atoms with Gasteiger partial charge in [0.25, 0.3) is 0 Å². The molecule has 4 N–H and O–H groups in total. The van der Waals surface area contributed by atoms with Crippen LogP contribution in [0, 0.1) is 0 Å². The minimum absolute atomic E-state index is 0. The van der Waals surface area contributed by atoms with Gasteiger partial charge in [0, 0.05) is 48.0 Å². The van der Waals surface area contributed by atoms with Crippen LogP contribution in [0.2, 0.25) is 0 Å². The molecule has 1 aromatic heterocycles. The molecule has 3 rings (SSSR count). The van der Waals surface area contributed by atoms with E-state index in [1.807, 2.05) is 0 Å². The number of benzene rings is 2. The van der Waals surface area contributed by atoms with Crippen molar-refractivity contribution in [2.45, 2.75) is 6.54 Å². The lowest BCUT2D eigenvalue weighted by Crippen LogP contribution is -2.28. The second kappa shape index (κ2) is 9.75. The molecule has 4 nitrogen and oxygen atoms in total. The van der Waals surface area contributed by atoms with E-state index in [9.17, 15) is 0 Å². The highest BCUT2D eigenvalue weighted by Crippen LogP contribution is 2.25. The smallest absolute Gasteiger partial charge is 0.0555 e. The molecule has 0 saturated heterocycles. The number of para-hydroxylation sites is 1. The first-order chi connectivity index (χ1) is 10.4. The molecule has 0 radical (unpaired) electrons. The monoisotopic (exact) mass is 355 g/mol. The minimum Gasteiger partial charge on any atom is -0.395 e. The molecule has 0 fully saturated rings. The summed E-state index contributed by atoms with van der Waals surface area (Å²) in [6.07, 6.45) is 0. The standard InChI is InChI=1S/C17H21N3O.2ClH/c21-10-9-18-7-8-19-12-13-5-6-17-15(11-13)14-3-1-2-4-16(14)20-17;;/h1-6,11,18-21H,7-10,12H2;2*1H. The van der Waals surface area contributed by atoms with Crippen LogP contribution in [0.5, 0.6) is 0 Å². The number of H-pyrrole nitrogens is 1. The highest BCUT2D eigenvalue weighted by atomic mass is 35.5. The number of aromatic nitrogens is 1. The Morgan fingerprint density at radius 2 is 1.57 bits per heavy atom. The minimum atomic E-state index is 0. The third kappa shape index (κ3) is 4.83. The van der Waals surface area contributed by atoms with Crippen LogP contribution in [-0.4, -0.2) is 36.3 Å². The van der Waals surface area contributed by atoms with Crippen molar-refractivity contribution in [1.82, 2.24) is 15.6 Å². The van der Waals surface area contributed by atoms with E-state index in [2.05, 4.69) is 58.1 Å². The van der Waals surface area contributed by atoms with Gasteiger partial charge in [0.2, 0.25) is 0 Å². The summed E-state index contributed by atoms with van der Waals surface area (Å²) in [6, 6.07) is 15.0. The summed E-state index contributed by atoms with van der Waals surface area (Å²) in [5.41, 5.74) is 3.66. The van der Waals surface area contributed by atoms with Crippen LogP contribution in [0.15, 0.2) is 42.5 Å². The van der Waals surface area contributed by atoms with Gasteiger partial charge in [0.1, 0.15) is 0 Å². The Morgan fingerprint density at radius 1 is 0.826 bits per heavy atom. The molecule has 0 amide bonds. The Balaban J connectivity index is 0.00000132. The third-order valence-electron chi connectivity index (χ3n) is 3.67. The summed E-state index contributed by atoms with van der Waals surface area (Å²) in [4.78, 5) is 3.44. The molecule has 126 valence electrons. The number of fused-ring (bicyclic) bond motifs is 3. The number of hydrogen-bond donors (Lipinski definition) is 4. The van der Waals surface area contributed by atoms with Crippen LogP contribution in [0.1, 0.15) is 5.56 Å². The summed E-state index contributed by atoms with van der Waals surface area (Å²) in [6.45, 7) is 3.47. The Bertz CT molecular complexity index is 730. The van der Waals surface area contributed by atoms with E-state index >= 15 is 0 Å². The third-order valence-corrected chi connectivity index (χ3v) is 3.67. The predicted octanol–water partition coefficient (Wildman–Crippen LogP) is 2.84. The quantitative estimate of drug-likeness (QED) is 0.493. The van der Waals surface area contributed by atoms with Crippen LogP contribution in [-0.2, 0) is 6.54 Å². The summed E-state index contributed by atoms with van der Waals surface area (Å²) < 4.78 is 0. The highest BCUT2D eigenvalue weighted by molar-refractivity contribution is 6.07. The van der Waals surface area contributed by atoms with Crippen molar-refractivity contribution in [1.29, 1.82) is 0 Å². The van der Waals surface area contributed by atoms with Crippen LogP contribution in [0.3, 0.4) is 0 Å². The summed E-state index contributed by atoms with van der Waals surface area (Å²) >= 11 is 0. The van der Waals surface area contributed by atoms with Crippen molar-refractivity contribution in [3.8, 4) is 0 Å². The lowest BCUT2D eigenvalue weighted by atomic mass is 10.1. The first-order valence-corrected chi connectivity index (χ1v) is 7.40. The zero-order chi connectivity index (χ0) is 14.5. The number of hydrogen-bond acceptors (Lipinski definition) is 3. The van der Waals surface area contributed by atoms with Crippen molar-refractivity contribution >= 4 is 46.6 Å². The molecule has 2 aromatic carbocycles. The van der Waals surface area contributed by atoms with Gasteiger partial charge in [0.05, 0.1) is 6.61 Å². The molecular weight excluding hydrogens is 333 g/mol. The van der Waals surface area contributed by atoms with Crippen LogP contribution in [0.4, 0.5) is 0 Å². The van der Waals surface area contributed by atoms with E-state index in [0.29, 0.717) is 6.54 Å². The van der Waals surface area contributed by atoms with Gasteiger partial charge in [0.15, 0.2) is 0 Å². The van der Waals surface area contributed by atoms with Crippen molar-refractivity contribution < 1.29 is 5.11 Å². The van der Waals surface area contributed by atoms with Crippen LogP contribution >= 0.6 is 24.8 Å². The molecule has 0 aliphatic carbocycles. The van der Waals surface area contributed by atoms with E-state index in [-0.39, 0.29) is 31.4 Å². The lowest BCUT2D eigenvalue weighted by Gasteiger charge is -2.06. The van der Waals surface area contributed by atoms with Gasteiger partial charge >= 0.3 is 0 Å². The molecule has 0 bridgehead atoms. The highest BCUT2D eigenvalue weighted by Gasteiger charge is 2.04. The van der Waals surface area contributed by atoms with Crippen molar-refractivity contribution in [3.05, 3.63) is 48.0 Å². The van der Waals surface area contributed by atoms with E-state index < -0.39 is 0 Å². The molecule has 1 heterocycles. The Hall–Kier alpha value is -1.30. The molecule has 0 aliphatic rings. The van der Waals surface area contributed by atoms with Crippen LogP contribution in [0.25, 0.3) is 21.8 Å². The van der Waals surface area contributed by atoms with Gasteiger partial charge < -0.3 is 20.7 Å². The maximum absolute atomic E-state index is 8.68. The van der Waals surface area contributed by atoms with Gasteiger partial charge in [-0.1, -0.05) is 24.3 Å². The fraction of sp³-hybridized carbons (Fsp3) is 0.294. The van der Waals surface area contributed by atoms with Crippen molar-refractivity contribution in [3.63, 3.8) is 0 Å². The number of aliphatic hydroxyl groups is 1. The molecule has 6 heteroatoms. The number of aliphatic hydroxyl groups excluding tert-OH is 1. The number of nitrogens with one attached hydrogen (secondary N) is 3. The normalized spacial score (nSPS) is 10.5. The zero-order valence-corrected chi connectivity index (χ0v) is 14.5. The average Bonchev–Trinajstić information content (AvgIpc) is 2.89. The first-order valence-electron chi connectivity index (χ1n) is 7.40. The zero-order valence-electron chi connectivity index (χ0n) is 12.8. The van der Waals surface area contributed by atoms with E-state index in [0.717, 1.165) is 19.6 Å². The number of aromatic amines is 1. The fourth-order valence-corrected chi connectivity index (χ4v) is 2.62. The van der Waals surface area contributed by atoms with Gasteiger partial charge in [-0.05, 0) is 23.8 Å². The van der Waals surface area contributed by atoms with Gasteiger partial charge in [-0.25, -0.2) is 0 Å². The Kier molecular flexibility index (Phi) is 8.37. The van der Waals surface area contributed by atoms with Crippen molar-refractivity contribution in [2.24, 2.45) is 0 Å². The van der Waals surface area contributed by atoms with Gasteiger partial charge in [-0.3, -0.25) is 0 Å². The largest absolute Gasteiger partial charge is 0.395 e. The second-order valence-corrected chi connectivity index (χ2v) is 5.20. The summed E-state index contributed by atoms with van der Waals surface area (Å²) in [7, 11) is 0. The number of halogens is 2. The number of rotatable bonds is 7. The average molecular weight is 356 g/mol. The Labute approximate surface area is 148 Å². The van der Waals surface area contributed by atoms with E-state index in [1.165, 1.54) is 27.4 Å². The van der Waals surface area contributed by atoms with Crippen molar-refractivity contribution in [2.75, 3.05) is 26.2 Å². The molecule has 3 aromatic rings. The topological polar surface area (TPSA) is 60.1 Å². The fourth-order valence-electron chi connectivity index (χ4n) is 2.62. The molecule has 23 heavy (non-hydrogen) atoms. The van der Waals surface area contributed by atoms with Crippen LogP contribution < -0.4 is 10.6 Å². The molecule has 0 saturated carbocycles. The molecule has 0 spiro atoms. The maximum Gasteiger partial charge on any atom is 0.0555 e. The maximum atomic E-state index is 8.68. The predicted molar refractivity (Wildman–Crippen MR) is 102 cm³/mol. The SMILES string of the molecule is Cl.Cl.OCCNCCNCc1ccc2[nH]c3ccccc3c2c1. The van der Waals surface area contributed by atoms with Gasteiger partial charge in [-0.15, -0.1) is 24.8 Å². The molecule has 0 aliphatic heterocycles. The van der Waals surface area contributed by atoms with E-state index in [1.54, 1.807) is 0 Å². The first kappa shape index (κ1) is 19.7. The lowest BCUT2D eigenvalue weighted by molar-refractivity contribution is 0.292.